The molecule has 3 aromatic rings. The predicted octanol–water partition coefficient (Wildman–Crippen LogP) is 4.66. The van der Waals surface area contributed by atoms with Crippen molar-refractivity contribution in [3.05, 3.63) is 59.2 Å². The number of carbonyl (C=O) groups excluding carboxylic acids is 2. The van der Waals surface area contributed by atoms with Crippen molar-refractivity contribution in [3.63, 3.8) is 0 Å². The SMILES string of the molecule is COCC(C)c1nc(N2CCC(N(C(=O)c3cnc(N4CC(NC(=O)OC(C)(C)C)C(c5cc(F)ccc5F)C4)nc3)C3CC3)CC2)no1. The third-order valence-electron chi connectivity index (χ3n) is 9.13. The van der Waals surface area contributed by atoms with Gasteiger partial charge in [-0.2, -0.15) is 4.98 Å². The molecule has 2 aromatic heterocycles. The first-order valence-corrected chi connectivity index (χ1v) is 16.8. The molecule has 1 N–H and O–H groups in total. The van der Waals surface area contributed by atoms with Crippen molar-refractivity contribution in [2.45, 2.75) is 88.9 Å². The highest BCUT2D eigenvalue weighted by molar-refractivity contribution is 5.94. The number of carbonyl (C=O) groups is 2. The molecule has 2 aliphatic heterocycles. The Hall–Kier alpha value is -4.40. The predicted molar refractivity (Wildman–Crippen MR) is 176 cm³/mol. The van der Waals surface area contributed by atoms with Crippen LogP contribution in [0.3, 0.4) is 0 Å². The number of methoxy groups -OCH3 is 1. The molecule has 2 saturated heterocycles. The molecule has 4 heterocycles. The molecular formula is C34H44F2N8O5. The maximum absolute atomic E-state index is 14.9. The minimum Gasteiger partial charge on any atom is -0.444 e. The summed E-state index contributed by atoms with van der Waals surface area (Å²) >= 11 is 0. The van der Waals surface area contributed by atoms with Crippen molar-refractivity contribution < 1.29 is 32.4 Å². The summed E-state index contributed by atoms with van der Waals surface area (Å²) in [6.07, 6.45) is 5.80. The molecular weight excluding hydrogens is 638 g/mol. The molecule has 3 unspecified atom stereocenters. The van der Waals surface area contributed by atoms with E-state index in [1.165, 1.54) is 12.4 Å². The van der Waals surface area contributed by atoms with Crippen LogP contribution in [-0.2, 0) is 9.47 Å². The van der Waals surface area contributed by atoms with Crippen LogP contribution in [0.2, 0.25) is 0 Å². The minimum absolute atomic E-state index is 0.000895. The van der Waals surface area contributed by atoms with E-state index < -0.39 is 35.3 Å². The van der Waals surface area contributed by atoms with Crippen LogP contribution in [-0.4, -0.2) is 101 Å². The molecule has 2 amide bonds. The molecule has 49 heavy (non-hydrogen) atoms. The number of hydrogen-bond donors (Lipinski definition) is 1. The van der Waals surface area contributed by atoms with Gasteiger partial charge in [0.15, 0.2) is 0 Å². The molecule has 264 valence electrons. The number of piperidine rings is 1. The number of ether oxygens (including phenoxy) is 2. The summed E-state index contributed by atoms with van der Waals surface area (Å²) in [6.45, 7) is 9.53. The normalized spacial score (nSPS) is 20.7. The average Bonchev–Trinajstić information content (AvgIpc) is 3.60. The quantitative estimate of drug-likeness (QED) is 0.320. The topological polar surface area (TPSA) is 139 Å². The van der Waals surface area contributed by atoms with Crippen molar-refractivity contribution in [1.82, 2.24) is 30.3 Å². The molecule has 6 rings (SSSR count). The number of nitrogens with one attached hydrogen (secondary N) is 1. The van der Waals surface area contributed by atoms with Crippen molar-refractivity contribution in [2.24, 2.45) is 0 Å². The maximum Gasteiger partial charge on any atom is 0.407 e. The lowest BCUT2D eigenvalue weighted by Crippen LogP contribution is -2.48. The van der Waals surface area contributed by atoms with Crippen molar-refractivity contribution in [2.75, 3.05) is 49.7 Å². The standard InChI is InChI=1S/C34H44F2N8O5/c1-20(19-47-5)29-40-32(41-49-29)42-12-10-24(11-13-42)44(23-7-8-23)30(45)21-15-37-31(38-16-21)43-17-26(25-14-22(35)6-9-27(25)36)28(18-43)39-33(46)48-34(2,3)4/h6,9,14-16,20,23-24,26,28H,7-8,10-13,17-19H2,1-5H3,(H,39,46). The molecule has 13 nitrogen and oxygen atoms in total. The minimum atomic E-state index is -0.736. The molecule has 3 aliphatic rings. The van der Waals surface area contributed by atoms with Gasteiger partial charge in [0.05, 0.1) is 24.1 Å². The van der Waals surface area contributed by atoms with Crippen LogP contribution in [0, 0.1) is 11.6 Å². The highest BCUT2D eigenvalue weighted by Gasteiger charge is 2.41. The molecule has 3 fully saturated rings. The highest BCUT2D eigenvalue weighted by atomic mass is 19.1. The molecule has 0 bridgehead atoms. The molecule has 0 spiro atoms. The Balaban J connectivity index is 1.12. The summed E-state index contributed by atoms with van der Waals surface area (Å²) in [7, 11) is 1.64. The Bertz CT molecular complexity index is 1620. The Morgan fingerprint density at radius 2 is 1.73 bits per heavy atom. The lowest BCUT2D eigenvalue weighted by Gasteiger charge is -2.38. The van der Waals surface area contributed by atoms with Crippen LogP contribution in [0.5, 0.6) is 0 Å². The number of rotatable bonds is 10. The van der Waals surface area contributed by atoms with E-state index in [0.717, 1.165) is 43.9 Å². The van der Waals surface area contributed by atoms with Crippen LogP contribution < -0.4 is 15.1 Å². The maximum atomic E-state index is 14.9. The highest BCUT2D eigenvalue weighted by Crippen LogP contribution is 2.35. The first-order valence-electron chi connectivity index (χ1n) is 16.8. The molecule has 1 aromatic carbocycles. The Kier molecular flexibility index (Phi) is 10.00. The van der Waals surface area contributed by atoms with Gasteiger partial charge in [0.1, 0.15) is 17.2 Å². The van der Waals surface area contributed by atoms with Gasteiger partial charge in [-0.3, -0.25) is 4.79 Å². The number of nitrogens with zero attached hydrogens (tertiary/aromatic N) is 7. The van der Waals surface area contributed by atoms with Gasteiger partial charge in [0, 0.05) is 63.7 Å². The van der Waals surface area contributed by atoms with Crippen LogP contribution in [0.25, 0.3) is 0 Å². The lowest BCUT2D eigenvalue weighted by atomic mass is 9.94. The van der Waals surface area contributed by atoms with Crippen LogP contribution in [0.15, 0.2) is 35.1 Å². The van der Waals surface area contributed by atoms with Gasteiger partial charge in [-0.05, 0) is 75.4 Å². The second-order valence-corrected chi connectivity index (χ2v) is 14.2. The van der Waals surface area contributed by atoms with Crippen molar-refractivity contribution >= 4 is 23.9 Å². The van der Waals surface area contributed by atoms with E-state index in [9.17, 15) is 18.4 Å². The number of alkyl carbamates (subject to hydrolysis) is 1. The zero-order valence-corrected chi connectivity index (χ0v) is 28.6. The van der Waals surface area contributed by atoms with Crippen molar-refractivity contribution in [3.8, 4) is 0 Å². The van der Waals surface area contributed by atoms with Gasteiger partial charge >= 0.3 is 6.09 Å². The van der Waals surface area contributed by atoms with E-state index in [0.29, 0.717) is 43.0 Å². The Morgan fingerprint density at radius 1 is 1.04 bits per heavy atom. The average molecular weight is 683 g/mol. The zero-order valence-electron chi connectivity index (χ0n) is 28.6. The third-order valence-corrected chi connectivity index (χ3v) is 9.13. The zero-order chi connectivity index (χ0) is 34.9. The third kappa shape index (κ3) is 8.09. The van der Waals surface area contributed by atoms with Crippen LogP contribution in [0.1, 0.15) is 87.0 Å². The Morgan fingerprint density at radius 3 is 2.39 bits per heavy atom. The summed E-state index contributed by atoms with van der Waals surface area (Å²) < 4.78 is 45.2. The molecule has 1 aliphatic carbocycles. The van der Waals surface area contributed by atoms with E-state index >= 15 is 0 Å². The van der Waals surface area contributed by atoms with Crippen LogP contribution >= 0.6 is 0 Å². The summed E-state index contributed by atoms with van der Waals surface area (Å²) in [5.41, 5.74) is -0.217. The Labute approximate surface area is 284 Å². The largest absolute Gasteiger partial charge is 0.444 e. The fourth-order valence-corrected chi connectivity index (χ4v) is 6.63. The number of benzene rings is 1. The van der Waals surface area contributed by atoms with Crippen LogP contribution in [0.4, 0.5) is 25.5 Å². The van der Waals surface area contributed by atoms with Gasteiger partial charge in [-0.15, -0.1) is 0 Å². The van der Waals surface area contributed by atoms with E-state index in [1.54, 1.807) is 32.8 Å². The van der Waals surface area contributed by atoms with Crippen molar-refractivity contribution in [1.29, 1.82) is 0 Å². The number of amides is 2. The van der Waals surface area contributed by atoms with E-state index in [4.69, 9.17) is 14.0 Å². The fourth-order valence-electron chi connectivity index (χ4n) is 6.63. The first-order chi connectivity index (χ1) is 23.4. The molecule has 3 atom stereocenters. The smallest absolute Gasteiger partial charge is 0.407 e. The molecule has 1 saturated carbocycles. The van der Waals surface area contributed by atoms with E-state index in [2.05, 4.69) is 30.3 Å². The summed E-state index contributed by atoms with van der Waals surface area (Å²) in [5.74, 6) is -0.458. The second kappa shape index (κ2) is 14.2. The van der Waals surface area contributed by atoms with Gasteiger partial charge in [-0.1, -0.05) is 6.92 Å². The number of hydrogen-bond acceptors (Lipinski definition) is 11. The van der Waals surface area contributed by atoms with Gasteiger partial charge in [-0.25, -0.2) is 23.5 Å². The fraction of sp³-hybridized carbons (Fsp3) is 0.588. The summed E-state index contributed by atoms with van der Waals surface area (Å²) in [6, 6.07) is 2.90. The summed E-state index contributed by atoms with van der Waals surface area (Å²) in [4.78, 5) is 46.0. The molecule has 0 radical (unpaired) electrons. The first kappa shape index (κ1) is 34.5. The van der Waals surface area contributed by atoms with Gasteiger partial charge in [0.2, 0.25) is 11.8 Å². The van der Waals surface area contributed by atoms with E-state index in [-0.39, 0.29) is 42.6 Å². The second-order valence-electron chi connectivity index (χ2n) is 14.2. The van der Waals surface area contributed by atoms with Gasteiger partial charge in [0.25, 0.3) is 11.9 Å². The summed E-state index contributed by atoms with van der Waals surface area (Å²) in [5, 5.41) is 6.99. The lowest BCUT2D eigenvalue weighted by molar-refractivity contribution is 0.0503. The number of aromatic nitrogens is 4. The monoisotopic (exact) mass is 682 g/mol. The van der Waals surface area contributed by atoms with Gasteiger partial charge < -0.3 is 34.0 Å². The number of halogens is 2. The van der Waals surface area contributed by atoms with E-state index in [1.807, 2.05) is 11.8 Å². The molecule has 15 heteroatoms. The number of anilines is 2.